The van der Waals surface area contributed by atoms with Gasteiger partial charge in [0.25, 0.3) is 5.95 Å². The number of benzene rings is 1. The second-order valence-electron chi connectivity index (χ2n) is 5.14. The fourth-order valence-electron chi connectivity index (χ4n) is 2.00. The maximum absolute atomic E-state index is 11.8. The van der Waals surface area contributed by atoms with E-state index in [2.05, 4.69) is 5.32 Å². The van der Waals surface area contributed by atoms with Crippen LogP contribution in [0.3, 0.4) is 0 Å². The number of carbonyl (C=O) groups is 2. The number of unbranched alkanes of at least 4 members (excludes halogenated alkanes) is 2. The van der Waals surface area contributed by atoms with E-state index < -0.39 is 18.0 Å². The van der Waals surface area contributed by atoms with E-state index in [1.54, 1.807) is 12.1 Å². The van der Waals surface area contributed by atoms with E-state index in [4.69, 9.17) is 10.2 Å². The highest BCUT2D eigenvalue weighted by Crippen LogP contribution is 2.11. The van der Waals surface area contributed by atoms with Crippen LogP contribution in [0, 0.1) is 0 Å². The number of rotatable bonds is 9. The summed E-state index contributed by atoms with van der Waals surface area (Å²) in [5, 5.41) is 38.0. The number of nitrogens with one attached hydrogen (secondary N) is 1. The molecule has 7 heteroatoms. The summed E-state index contributed by atoms with van der Waals surface area (Å²) in [7, 11) is 0. The number of phenols is 1. The molecule has 7 nitrogen and oxygen atoms in total. The zero-order valence-electron chi connectivity index (χ0n) is 12.6. The fourth-order valence-corrected chi connectivity index (χ4v) is 2.00. The number of phenolic OH excluding ortho intramolecular Hbond substituents is 1. The molecule has 0 bridgehead atoms. The van der Waals surface area contributed by atoms with Gasteiger partial charge in [0.1, 0.15) is 11.8 Å². The molecular formula is C16H21NO6. The average Bonchev–Trinajstić information content (AvgIpc) is 2.48. The molecule has 5 N–H and O–H groups in total. The Labute approximate surface area is 133 Å². The van der Waals surface area contributed by atoms with Crippen LogP contribution in [0.25, 0.3) is 0 Å². The first-order valence-corrected chi connectivity index (χ1v) is 7.26. The van der Waals surface area contributed by atoms with Gasteiger partial charge in [-0.2, -0.15) is 0 Å². The van der Waals surface area contributed by atoms with E-state index in [1.807, 2.05) is 0 Å². The van der Waals surface area contributed by atoms with Crippen LogP contribution < -0.4 is 5.32 Å². The molecule has 0 aliphatic heterocycles. The summed E-state index contributed by atoms with van der Waals surface area (Å²) in [6.45, 7) is 0. The first-order chi connectivity index (χ1) is 10.9. The number of carbonyl (C=O) groups excluding carboxylic acids is 1. The van der Waals surface area contributed by atoms with Crippen LogP contribution in [-0.4, -0.2) is 38.3 Å². The Bertz CT molecular complexity index is 548. The smallest absolute Gasteiger partial charge is 0.326 e. The van der Waals surface area contributed by atoms with Crippen LogP contribution >= 0.6 is 0 Å². The van der Waals surface area contributed by atoms with E-state index in [0.717, 1.165) is 0 Å². The molecule has 0 saturated carbocycles. The highest BCUT2D eigenvalue weighted by atomic mass is 16.5. The lowest BCUT2D eigenvalue weighted by atomic mass is 10.1. The Kier molecular flexibility index (Phi) is 7.45. The maximum atomic E-state index is 11.8. The van der Waals surface area contributed by atoms with Crippen molar-refractivity contribution in [1.82, 2.24) is 5.32 Å². The van der Waals surface area contributed by atoms with E-state index in [0.29, 0.717) is 24.8 Å². The molecule has 0 aliphatic rings. The summed E-state index contributed by atoms with van der Waals surface area (Å²) >= 11 is 0. The molecule has 0 unspecified atom stereocenters. The molecular weight excluding hydrogens is 302 g/mol. The molecule has 1 aromatic carbocycles. The molecule has 126 valence electrons. The average molecular weight is 323 g/mol. The van der Waals surface area contributed by atoms with Crippen molar-refractivity contribution >= 4 is 11.9 Å². The Morgan fingerprint density at radius 3 is 2.30 bits per heavy atom. The van der Waals surface area contributed by atoms with Crippen molar-refractivity contribution in [2.24, 2.45) is 0 Å². The highest BCUT2D eigenvalue weighted by Gasteiger charge is 2.20. The van der Waals surface area contributed by atoms with E-state index >= 15 is 0 Å². The van der Waals surface area contributed by atoms with Crippen molar-refractivity contribution < 1.29 is 30.0 Å². The van der Waals surface area contributed by atoms with Crippen molar-refractivity contribution in [2.75, 3.05) is 0 Å². The lowest BCUT2D eigenvalue weighted by Gasteiger charge is -2.14. The minimum atomic E-state index is -1.13. The van der Waals surface area contributed by atoms with Gasteiger partial charge in [-0.25, -0.2) is 4.79 Å². The van der Waals surface area contributed by atoms with Gasteiger partial charge < -0.3 is 25.7 Å². The van der Waals surface area contributed by atoms with Crippen LogP contribution in [0.15, 0.2) is 36.3 Å². The molecule has 0 radical (unpaired) electrons. The first kappa shape index (κ1) is 18.3. The Morgan fingerprint density at radius 1 is 1.09 bits per heavy atom. The van der Waals surface area contributed by atoms with Gasteiger partial charge in [0, 0.05) is 12.8 Å². The zero-order chi connectivity index (χ0) is 17.2. The number of amides is 1. The lowest BCUT2D eigenvalue weighted by molar-refractivity contribution is -0.141. The van der Waals surface area contributed by atoms with Gasteiger partial charge in [-0.05, 0) is 43.0 Å². The quantitative estimate of drug-likeness (QED) is 0.349. The summed E-state index contributed by atoms with van der Waals surface area (Å²) in [6, 6.07) is 5.09. The molecule has 1 atom stereocenters. The predicted octanol–water partition coefficient (Wildman–Crippen LogP) is 2.02. The van der Waals surface area contributed by atoms with Crippen LogP contribution in [0.4, 0.5) is 0 Å². The number of hydrogen-bond acceptors (Lipinski definition) is 5. The second-order valence-corrected chi connectivity index (χ2v) is 5.14. The van der Waals surface area contributed by atoms with Gasteiger partial charge in [0.15, 0.2) is 0 Å². The molecule has 0 spiro atoms. The van der Waals surface area contributed by atoms with Gasteiger partial charge in [-0.3, -0.25) is 4.79 Å². The van der Waals surface area contributed by atoms with Crippen molar-refractivity contribution in [3.63, 3.8) is 0 Å². The third kappa shape index (κ3) is 7.75. The summed E-state index contributed by atoms with van der Waals surface area (Å²) in [6.07, 6.45) is 3.07. The Balaban J connectivity index is 2.43. The monoisotopic (exact) mass is 323 g/mol. The molecule has 0 aliphatic carbocycles. The molecule has 1 rings (SSSR count). The van der Waals surface area contributed by atoms with Gasteiger partial charge >= 0.3 is 5.97 Å². The van der Waals surface area contributed by atoms with Crippen LogP contribution in [-0.2, 0) is 16.0 Å². The predicted molar refractivity (Wildman–Crippen MR) is 83.2 cm³/mol. The Morgan fingerprint density at radius 2 is 1.74 bits per heavy atom. The Hall–Kier alpha value is -2.70. The molecule has 1 aromatic rings. The van der Waals surface area contributed by atoms with E-state index in [9.17, 15) is 19.8 Å². The van der Waals surface area contributed by atoms with Crippen LogP contribution in [0.1, 0.15) is 31.2 Å². The number of aliphatic hydroxyl groups is 2. The van der Waals surface area contributed by atoms with Crippen molar-refractivity contribution in [2.45, 2.75) is 38.1 Å². The van der Waals surface area contributed by atoms with Crippen molar-refractivity contribution in [1.29, 1.82) is 0 Å². The SMILES string of the molecule is O=C(CCCCC=C(O)O)N[C@@H](Cc1ccc(O)cc1)C(=O)O. The summed E-state index contributed by atoms with van der Waals surface area (Å²) in [5.74, 6) is -2.14. The molecule has 23 heavy (non-hydrogen) atoms. The van der Waals surface area contributed by atoms with Crippen molar-refractivity contribution in [3.05, 3.63) is 41.9 Å². The number of carboxylic acid groups (broad SMARTS) is 1. The first-order valence-electron chi connectivity index (χ1n) is 7.26. The highest BCUT2D eigenvalue weighted by molar-refractivity contribution is 5.83. The fraction of sp³-hybridized carbons (Fsp3) is 0.375. The minimum absolute atomic E-state index is 0.0904. The standard InChI is InChI=1S/C16H21NO6/c18-12-8-6-11(7-9-12)10-13(16(22)23)17-14(19)4-2-1-3-5-15(20)21/h5-9,13,18,20-21H,1-4,10H2,(H,17,19)(H,22,23)/t13-/m0/s1. The minimum Gasteiger partial charge on any atom is -0.508 e. The number of hydrogen-bond donors (Lipinski definition) is 5. The van der Waals surface area contributed by atoms with Crippen LogP contribution in [0.5, 0.6) is 5.75 Å². The maximum Gasteiger partial charge on any atom is 0.326 e. The van der Waals surface area contributed by atoms with Crippen molar-refractivity contribution in [3.8, 4) is 5.75 Å². The number of aliphatic carboxylic acids is 1. The normalized spacial score (nSPS) is 11.5. The van der Waals surface area contributed by atoms with E-state index in [1.165, 1.54) is 18.2 Å². The third-order valence-corrected chi connectivity index (χ3v) is 3.19. The lowest BCUT2D eigenvalue weighted by Crippen LogP contribution is -2.42. The molecule has 1 amide bonds. The summed E-state index contributed by atoms with van der Waals surface area (Å²) in [5.41, 5.74) is 0.694. The van der Waals surface area contributed by atoms with Gasteiger partial charge in [-0.1, -0.05) is 12.1 Å². The van der Waals surface area contributed by atoms with Crippen LogP contribution in [0.2, 0.25) is 0 Å². The largest absolute Gasteiger partial charge is 0.508 e. The molecule has 0 fully saturated rings. The van der Waals surface area contributed by atoms with Gasteiger partial charge in [0.05, 0.1) is 0 Å². The van der Waals surface area contributed by atoms with Gasteiger partial charge in [0.2, 0.25) is 5.91 Å². The number of carboxylic acids is 1. The summed E-state index contributed by atoms with van der Waals surface area (Å²) in [4.78, 5) is 23.0. The third-order valence-electron chi connectivity index (χ3n) is 3.19. The van der Waals surface area contributed by atoms with Gasteiger partial charge in [-0.15, -0.1) is 0 Å². The van der Waals surface area contributed by atoms with E-state index in [-0.39, 0.29) is 24.5 Å². The topological polar surface area (TPSA) is 127 Å². The number of aromatic hydroxyl groups is 1. The zero-order valence-corrected chi connectivity index (χ0v) is 12.6. The second kappa shape index (κ2) is 9.34. The molecule has 0 heterocycles. The summed E-state index contributed by atoms with van der Waals surface area (Å²) < 4.78 is 0. The molecule has 0 aromatic heterocycles. The number of allylic oxidation sites excluding steroid dienone is 1. The molecule has 0 saturated heterocycles. The number of aliphatic hydroxyl groups excluding tert-OH is 1.